The van der Waals surface area contributed by atoms with Crippen molar-refractivity contribution >= 4 is 27.3 Å². The molecule has 1 amide bonds. The summed E-state index contributed by atoms with van der Waals surface area (Å²) in [5, 5.41) is 23.5. The molecule has 1 saturated heterocycles. The summed E-state index contributed by atoms with van der Waals surface area (Å²) in [6, 6.07) is 12.3. The number of rotatable bonds is 12. The lowest BCUT2D eigenvalue weighted by Gasteiger charge is -2.34. The zero-order valence-corrected chi connectivity index (χ0v) is 22.5. The molecule has 1 aliphatic heterocycles. The summed E-state index contributed by atoms with van der Waals surface area (Å²) in [7, 11) is -3.55. The van der Waals surface area contributed by atoms with Gasteiger partial charge in [-0.05, 0) is 63.1 Å². The van der Waals surface area contributed by atoms with Gasteiger partial charge in [-0.3, -0.25) is 9.52 Å². The van der Waals surface area contributed by atoms with Gasteiger partial charge in [-0.25, -0.2) is 8.42 Å². The molecule has 1 atom stereocenters. The Bertz CT molecular complexity index is 1130. The molecule has 10 nitrogen and oxygen atoms in total. The zero-order chi connectivity index (χ0) is 27.0. The normalized spacial score (nSPS) is 15.3. The number of phenols is 1. The monoisotopic (exact) mass is 534 g/mol. The Kier molecular flexibility index (Phi) is 10.0. The van der Waals surface area contributed by atoms with Gasteiger partial charge in [0.25, 0.3) is 5.91 Å². The van der Waals surface area contributed by atoms with Crippen molar-refractivity contribution in [2.75, 3.05) is 55.2 Å². The van der Waals surface area contributed by atoms with E-state index in [0.717, 1.165) is 37.9 Å². The van der Waals surface area contributed by atoms with E-state index in [9.17, 15) is 23.4 Å². The number of carbonyl (C=O) groups excluding carboxylic acids is 1. The van der Waals surface area contributed by atoms with Gasteiger partial charge in [0.05, 0.1) is 11.9 Å². The Labute approximate surface area is 219 Å². The van der Waals surface area contributed by atoms with Gasteiger partial charge in [-0.2, -0.15) is 0 Å². The number of hydrogen-bond donors (Lipinski definition) is 4. The Morgan fingerprint density at radius 1 is 1.14 bits per heavy atom. The van der Waals surface area contributed by atoms with Gasteiger partial charge in [0.2, 0.25) is 10.0 Å². The molecular formula is C26H38N4O6S. The van der Waals surface area contributed by atoms with Crippen LogP contribution in [0.2, 0.25) is 0 Å². The van der Waals surface area contributed by atoms with Crippen molar-refractivity contribution in [1.82, 2.24) is 10.2 Å². The molecule has 0 unspecified atom stereocenters. The average Bonchev–Trinajstić information content (AvgIpc) is 2.88. The summed E-state index contributed by atoms with van der Waals surface area (Å²) < 4.78 is 30.6. The fourth-order valence-electron chi connectivity index (χ4n) is 4.29. The van der Waals surface area contributed by atoms with Crippen molar-refractivity contribution in [3.05, 3.63) is 48.0 Å². The summed E-state index contributed by atoms with van der Waals surface area (Å²) in [5.74, 6) is 0.176. The zero-order valence-electron chi connectivity index (χ0n) is 21.7. The first-order valence-electron chi connectivity index (χ1n) is 12.6. The minimum atomic E-state index is -3.55. The Hall–Kier alpha value is -3.02. The molecule has 204 valence electrons. The van der Waals surface area contributed by atoms with E-state index in [1.807, 2.05) is 43.0 Å². The van der Waals surface area contributed by atoms with Crippen molar-refractivity contribution in [3.63, 3.8) is 0 Å². The molecule has 4 N–H and O–H groups in total. The number of sulfonamides is 1. The number of carbonyl (C=O) groups is 1. The summed E-state index contributed by atoms with van der Waals surface area (Å²) >= 11 is 0. The van der Waals surface area contributed by atoms with Crippen LogP contribution in [0.4, 0.5) is 11.4 Å². The first-order chi connectivity index (χ1) is 17.6. The number of ether oxygens (including phenoxy) is 1. The topological polar surface area (TPSA) is 131 Å². The van der Waals surface area contributed by atoms with Crippen LogP contribution in [0.5, 0.6) is 11.5 Å². The maximum absolute atomic E-state index is 12.5. The summed E-state index contributed by atoms with van der Waals surface area (Å²) in [6.45, 7) is 7.47. The molecule has 1 heterocycles. The number of phenolic OH excluding ortho intramolecular Hbond substituents is 1. The molecule has 0 radical (unpaired) electrons. The number of piperidine rings is 1. The second-order valence-electron chi connectivity index (χ2n) is 9.21. The molecule has 2 aromatic carbocycles. The highest BCUT2D eigenvalue weighted by atomic mass is 32.2. The largest absolute Gasteiger partial charge is 0.506 e. The van der Waals surface area contributed by atoms with E-state index in [-0.39, 0.29) is 30.0 Å². The van der Waals surface area contributed by atoms with E-state index < -0.39 is 16.1 Å². The van der Waals surface area contributed by atoms with Crippen molar-refractivity contribution in [2.24, 2.45) is 0 Å². The minimum absolute atomic E-state index is 0.0181. The highest BCUT2D eigenvalue weighted by Gasteiger charge is 2.21. The molecule has 11 heteroatoms. The van der Waals surface area contributed by atoms with Gasteiger partial charge in [0.15, 0.2) is 0 Å². The van der Waals surface area contributed by atoms with Crippen molar-refractivity contribution in [3.8, 4) is 11.5 Å². The van der Waals surface area contributed by atoms with Crippen molar-refractivity contribution in [1.29, 1.82) is 0 Å². The molecular weight excluding hydrogens is 496 g/mol. The number of aliphatic hydroxyl groups is 1. The van der Waals surface area contributed by atoms with Gasteiger partial charge in [-0.1, -0.05) is 0 Å². The van der Waals surface area contributed by atoms with E-state index in [1.165, 1.54) is 18.2 Å². The van der Waals surface area contributed by atoms with E-state index in [1.54, 1.807) is 0 Å². The standard InChI is InChI=1S/C26H38N4O6S/c1-4-29(5-2)26(33)19-6-8-21(9-7-19)30-14-12-20(13-15-30)27-17-22(31)18-36-23-10-11-25(32)24(16-23)28-37(3,34)35/h6-11,16,20,22,27-28,31-32H,4-5,12-15,17-18H2,1-3H3/t22-/m0/s1. The number of amides is 1. The predicted molar refractivity (Wildman–Crippen MR) is 145 cm³/mol. The van der Waals surface area contributed by atoms with Crippen LogP contribution in [-0.4, -0.2) is 87.2 Å². The van der Waals surface area contributed by atoms with Crippen LogP contribution in [-0.2, 0) is 10.0 Å². The maximum atomic E-state index is 12.5. The van der Waals surface area contributed by atoms with Crippen LogP contribution >= 0.6 is 0 Å². The number of hydrogen-bond acceptors (Lipinski definition) is 8. The summed E-state index contributed by atoms with van der Waals surface area (Å²) in [6.07, 6.45) is 2.08. The van der Waals surface area contributed by atoms with Gasteiger partial charge >= 0.3 is 0 Å². The average molecular weight is 535 g/mol. The third kappa shape index (κ3) is 8.51. The van der Waals surface area contributed by atoms with Crippen LogP contribution < -0.4 is 19.7 Å². The fraction of sp³-hybridized carbons (Fsp3) is 0.500. The number of nitrogens with zero attached hydrogens (tertiary/aromatic N) is 2. The van der Waals surface area contributed by atoms with Crippen LogP contribution in [0.1, 0.15) is 37.0 Å². The van der Waals surface area contributed by atoms with Crippen LogP contribution in [0, 0.1) is 0 Å². The number of aliphatic hydroxyl groups excluding tert-OH is 1. The Morgan fingerprint density at radius 3 is 2.38 bits per heavy atom. The maximum Gasteiger partial charge on any atom is 0.253 e. The van der Waals surface area contributed by atoms with Crippen LogP contribution in [0.3, 0.4) is 0 Å². The lowest BCUT2D eigenvalue weighted by Crippen LogP contribution is -2.45. The number of benzene rings is 2. The third-order valence-corrected chi connectivity index (χ3v) is 6.96. The lowest BCUT2D eigenvalue weighted by molar-refractivity contribution is 0.0773. The Balaban J connectivity index is 1.41. The first-order valence-corrected chi connectivity index (χ1v) is 14.5. The molecule has 0 aliphatic carbocycles. The summed E-state index contributed by atoms with van der Waals surface area (Å²) in [5.41, 5.74) is 1.82. The molecule has 1 fully saturated rings. The quantitative estimate of drug-likeness (QED) is 0.305. The molecule has 2 aromatic rings. The number of nitrogens with one attached hydrogen (secondary N) is 2. The van der Waals surface area contributed by atoms with Gasteiger partial charge in [0.1, 0.15) is 24.2 Å². The van der Waals surface area contributed by atoms with Gasteiger partial charge in [-0.15, -0.1) is 0 Å². The minimum Gasteiger partial charge on any atom is -0.506 e. The highest BCUT2D eigenvalue weighted by molar-refractivity contribution is 7.92. The fourth-order valence-corrected chi connectivity index (χ4v) is 4.85. The molecule has 0 bridgehead atoms. The third-order valence-electron chi connectivity index (χ3n) is 6.37. The molecule has 37 heavy (non-hydrogen) atoms. The van der Waals surface area contributed by atoms with Crippen molar-refractivity contribution < 1.29 is 28.2 Å². The molecule has 0 saturated carbocycles. The van der Waals surface area contributed by atoms with Crippen molar-refractivity contribution in [2.45, 2.75) is 38.8 Å². The smallest absolute Gasteiger partial charge is 0.253 e. The Morgan fingerprint density at radius 2 is 1.78 bits per heavy atom. The van der Waals surface area contributed by atoms with Crippen LogP contribution in [0.25, 0.3) is 0 Å². The first kappa shape index (κ1) is 28.5. The van der Waals surface area contributed by atoms with E-state index in [0.29, 0.717) is 30.9 Å². The molecule has 1 aliphatic rings. The number of anilines is 2. The molecule has 0 spiro atoms. The second kappa shape index (κ2) is 13.0. The molecule has 0 aromatic heterocycles. The van der Waals surface area contributed by atoms with Gasteiger partial charge in [0, 0.05) is 56.1 Å². The predicted octanol–water partition coefficient (Wildman–Crippen LogP) is 2.24. The highest BCUT2D eigenvalue weighted by Crippen LogP contribution is 2.28. The van der Waals surface area contributed by atoms with Gasteiger partial charge < -0.3 is 30.1 Å². The molecule has 3 rings (SSSR count). The second-order valence-corrected chi connectivity index (χ2v) is 11.0. The van der Waals surface area contributed by atoms with E-state index >= 15 is 0 Å². The number of aromatic hydroxyl groups is 1. The SMILES string of the molecule is CCN(CC)C(=O)c1ccc(N2CCC(NC[C@H](O)COc3ccc(O)c(NS(C)(=O)=O)c3)CC2)cc1. The lowest BCUT2D eigenvalue weighted by atomic mass is 10.0. The summed E-state index contributed by atoms with van der Waals surface area (Å²) in [4.78, 5) is 16.6. The van der Waals surface area contributed by atoms with E-state index in [4.69, 9.17) is 4.74 Å². The van der Waals surface area contributed by atoms with E-state index in [2.05, 4.69) is 14.9 Å². The van der Waals surface area contributed by atoms with Crippen LogP contribution in [0.15, 0.2) is 42.5 Å².